The lowest BCUT2D eigenvalue weighted by molar-refractivity contribution is -0.147. The van der Waals surface area contributed by atoms with Crippen LogP contribution >= 0.6 is 0 Å². The number of hydrogen-bond donors (Lipinski definition) is 1. The average Bonchev–Trinajstić information content (AvgIpc) is 2.97. The number of benzene rings is 1. The summed E-state index contributed by atoms with van der Waals surface area (Å²) >= 11 is 0. The van der Waals surface area contributed by atoms with Crippen LogP contribution in [0.3, 0.4) is 0 Å². The third kappa shape index (κ3) is 1.77. The molecule has 0 spiro atoms. The van der Waals surface area contributed by atoms with E-state index in [9.17, 15) is 9.59 Å². The summed E-state index contributed by atoms with van der Waals surface area (Å²) in [5, 5.41) is 1.20. The van der Waals surface area contributed by atoms with Gasteiger partial charge in [0.25, 0.3) is 0 Å². The fraction of sp³-hybridized carbons (Fsp3) is 0.375. The van der Waals surface area contributed by atoms with E-state index in [1.807, 2.05) is 23.1 Å². The Hall–Kier alpha value is -2.30. The lowest BCUT2D eigenvalue weighted by atomic mass is 9.96. The van der Waals surface area contributed by atoms with Gasteiger partial charge in [-0.1, -0.05) is 18.2 Å². The largest absolute Gasteiger partial charge is 0.459 e. The summed E-state index contributed by atoms with van der Waals surface area (Å²) in [6, 6.07) is 7.98. The Morgan fingerprint density at radius 1 is 1.38 bits per heavy atom. The van der Waals surface area contributed by atoms with Crippen LogP contribution in [0.1, 0.15) is 30.6 Å². The van der Waals surface area contributed by atoms with Crippen molar-refractivity contribution in [1.29, 1.82) is 0 Å². The predicted molar refractivity (Wildman–Crippen MR) is 76.6 cm³/mol. The molecule has 2 aliphatic rings. The van der Waals surface area contributed by atoms with E-state index >= 15 is 0 Å². The molecule has 2 atom stereocenters. The van der Waals surface area contributed by atoms with Crippen LogP contribution in [0.15, 0.2) is 24.3 Å². The van der Waals surface area contributed by atoms with Gasteiger partial charge in [0.05, 0.1) is 6.42 Å². The molecule has 0 aliphatic carbocycles. The second-order valence-corrected chi connectivity index (χ2v) is 5.70. The topological polar surface area (TPSA) is 62.4 Å². The minimum Gasteiger partial charge on any atom is -0.459 e. The molecular formula is C16H16N2O3. The lowest BCUT2D eigenvalue weighted by Crippen LogP contribution is -2.37. The number of para-hydroxylation sites is 1. The van der Waals surface area contributed by atoms with E-state index in [1.54, 1.807) is 0 Å². The molecule has 0 radical (unpaired) electrons. The number of amides is 1. The van der Waals surface area contributed by atoms with Crippen molar-refractivity contribution in [3.05, 3.63) is 35.5 Å². The van der Waals surface area contributed by atoms with Gasteiger partial charge in [0.2, 0.25) is 5.91 Å². The van der Waals surface area contributed by atoms with E-state index in [2.05, 4.69) is 11.1 Å². The van der Waals surface area contributed by atoms with Gasteiger partial charge in [-0.3, -0.25) is 9.59 Å². The number of aromatic amines is 1. The molecule has 0 saturated carbocycles. The van der Waals surface area contributed by atoms with Crippen LogP contribution in [-0.2, 0) is 20.7 Å². The quantitative estimate of drug-likeness (QED) is 0.814. The van der Waals surface area contributed by atoms with Crippen molar-refractivity contribution in [2.75, 3.05) is 6.54 Å². The van der Waals surface area contributed by atoms with Gasteiger partial charge in [0.1, 0.15) is 12.1 Å². The molecular weight excluding hydrogens is 268 g/mol. The van der Waals surface area contributed by atoms with Crippen LogP contribution in [0.4, 0.5) is 0 Å². The van der Waals surface area contributed by atoms with Crippen molar-refractivity contribution in [1.82, 2.24) is 9.88 Å². The van der Waals surface area contributed by atoms with Gasteiger partial charge in [-0.15, -0.1) is 0 Å². The second-order valence-electron chi connectivity index (χ2n) is 5.70. The molecule has 0 unspecified atom stereocenters. The van der Waals surface area contributed by atoms with Crippen LogP contribution in [0, 0.1) is 0 Å². The monoisotopic (exact) mass is 284 g/mol. The molecule has 3 heterocycles. The lowest BCUT2D eigenvalue weighted by Gasteiger charge is -2.32. The standard InChI is InChI=1S/C16H16N2O3/c1-9(19)21-13-8-14(20)18-7-6-11-10-4-2-3-5-12(10)17-15(11)16(13)18/h2-5,13,16-17H,6-8H2,1H3/t13-,16-/m1/s1. The molecule has 5 nitrogen and oxygen atoms in total. The summed E-state index contributed by atoms with van der Waals surface area (Å²) in [6.45, 7) is 2.08. The van der Waals surface area contributed by atoms with E-state index < -0.39 is 0 Å². The van der Waals surface area contributed by atoms with Crippen LogP contribution in [0.5, 0.6) is 0 Å². The molecule has 1 N–H and O–H groups in total. The number of carbonyl (C=O) groups excluding carboxylic acids is 2. The molecule has 1 saturated heterocycles. The molecule has 1 aromatic heterocycles. The summed E-state index contributed by atoms with van der Waals surface area (Å²) in [5.41, 5.74) is 3.35. The van der Waals surface area contributed by atoms with Crippen LogP contribution in [-0.4, -0.2) is 34.4 Å². The molecule has 108 valence electrons. The smallest absolute Gasteiger partial charge is 0.303 e. The Morgan fingerprint density at radius 3 is 3.00 bits per heavy atom. The maximum absolute atomic E-state index is 12.1. The fourth-order valence-corrected chi connectivity index (χ4v) is 3.66. The first-order chi connectivity index (χ1) is 10.1. The zero-order chi connectivity index (χ0) is 14.6. The van der Waals surface area contributed by atoms with Gasteiger partial charge < -0.3 is 14.6 Å². The molecule has 1 amide bonds. The van der Waals surface area contributed by atoms with E-state index in [4.69, 9.17) is 4.74 Å². The number of hydrogen-bond acceptors (Lipinski definition) is 3. The zero-order valence-electron chi connectivity index (χ0n) is 11.8. The number of esters is 1. The number of fused-ring (bicyclic) bond motifs is 5. The first-order valence-electron chi connectivity index (χ1n) is 7.21. The van der Waals surface area contributed by atoms with E-state index in [0.717, 1.165) is 17.6 Å². The van der Waals surface area contributed by atoms with Gasteiger partial charge in [0, 0.05) is 30.1 Å². The zero-order valence-corrected chi connectivity index (χ0v) is 11.8. The van der Waals surface area contributed by atoms with E-state index in [0.29, 0.717) is 6.54 Å². The van der Waals surface area contributed by atoms with Crippen molar-refractivity contribution in [3.63, 3.8) is 0 Å². The summed E-state index contributed by atoms with van der Waals surface area (Å²) < 4.78 is 5.38. The van der Waals surface area contributed by atoms with Crippen molar-refractivity contribution in [2.45, 2.75) is 31.9 Å². The molecule has 1 aromatic carbocycles. The number of rotatable bonds is 1. The molecule has 21 heavy (non-hydrogen) atoms. The van der Waals surface area contributed by atoms with Gasteiger partial charge >= 0.3 is 5.97 Å². The van der Waals surface area contributed by atoms with Crippen molar-refractivity contribution in [3.8, 4) is 0 Å². The molecule has 4 rings (SSSR count). The average molecular weight is 284 g/mol. The van der Waals surface area contributed by atoms with E-state index in [-0.39, 0.29) is 30.4 Å². The second kappa shape index (κ2) is 4.35. The van der Waals surface area contributed by atoms with Gasteiger partial charge in [-0.05, 0) is 18.1 Å². The van der Waals surface area contributed by atoms with Crippen molar-refractivity contribution >= 4 is 22.8 Å². The SMILES string of the molecule is CC(=O)O[C@@H]1CC(=O)N2CCc3c([nH]c4ccccc34)[C@@H]12. The minimum atomic E-state index is -0.387. The predicted octanol–water partition coefficient (Wildman–Crippen LogP) is 1.93. The highest BCUT2D eigenvalue weighted by atomic mass is 16.5. The number of nitrogens with zero attached hydrogens (tertiary/aromatic N) is 1. The molecule has 2 aromatic rings. The third-order valence-electron chi connectivity index (χ3n) is 4.45. The van der Waals surface area contributed by atoms with E-state index in [1.165, 1.54) is 17.9 Å². The Bertz CT molecular complexity index is 749. The minimum absolute atomic E-state index is 0.0653. The number of carbonyl (C=O) groups is 2. The normalized spacial score (nSPS) is 24.0. The Balaban J connectivity index is 1.84. The highest BCUT2D eigenvalue weighted by Gasteiger charge is 2.46. The van der Waals surface area contributed by atoms with Crippen LogP contribution in [0.2, 0.25) is 0 Å². The molecule has 2 aliphatic heterocycles. The highest BCUT2D eigenvalue weighted by molar-refractivity contribution is 5.87. The van der Waals surface area contributed by atoms with Crippen LogP contribution in [0.25, 0.3) is 10.9 Å². The number of nitrogens with one attached hydrogen (secondary N) is 1. The summed E-state index contributed by atoms with van der Waals surface area (Å²) in [7, 11) is 0. The number of aromatic nitrogens is 1. The maximum atomic E-state index is 12.1. The van der Waals surface area contributed by atoms with Gasteiger partial charge in [-0.2, -0.15) is 0 Å². The molecule has 1 fully saturated rings. The molecule has 5 heteroatoms. The van der Waals surface area contributed by atoms with Crippen molar-refractivity contribution in [2.24, 2.45) is 0 Å². The Morgan fingerprint density at radius 2 is 2.19 bits per heavy atom. The first-order valence-corrected chi connectivity index (χ1v) is 7.21. The number of H-pyrrole nitrogens is 1. The maximum Gasteiger partial charge on any atom is 0.303 e. The number of ether oxygens (including phenoxy) is 1. The van der Waals surface area contributed by atoms with Gasteiger partial charge in [0.15, 0.2) is 0 Å². The summed E-state index contributed by atoms with van der Waals surface area (Å²) in [6.07, 6.45) is 0.732. The van der Waals surface area contributed by atoms with Gasteiger partial charge in [-0.25, -0.2) is 0 Å². The summed E-state index contributed by atoms with van der Waals surface area (Å²) in [5.74, 6) is -0.270. The van der Waals surface area contributed by atoms with Crippen molar-refractivity contribution < 1.29 is 14.3 Å². The summed E-state index contributed by atoms with van der Waals surface area (Å²) in [4.78, 5) is 28.7. The molecule has 0 bridgehead atoms. The fourth-order valence-electron chi connectivity index (χ4n) is 3.66. The Kier molecular flexibility index (Phi) is 2.58. The third-order valence-corrected chi connectivity index (χ3v) is 4.45. The van der Waals surface area contributed by atoms with Crippen LogP contribution < -0.4 is 0 Å². The Labute approximate surface area is 121 Å². The first kappa shape index (κ1) is 12.4. The highest BCUT2D eigenvalue weighted by Crippen LogP contribution is 2.42.